The van der Waals surface area contributed by atoms with Crippen molar-refractivity contribution in [2.24, 2.45) is 0 Å². The molecule has 0 aliphatic rings. The zero-order valence-corrected chi connectivity index (χ0v) is 15.5. The molecular formula is C26H18N2O. The number of imidazole rings is 1. The summed E-state index contributed by atoms with van der Waals surface area (Å²) in [6.07, 6.45) is 1.66. The predicted molar refractivity (Wildman–Crippen MR) is 119 cm³/mol. The summed E-state index contributed by atoms with van der Waals surface area (Å²) in [7, 11) is 0. The number of furan rings is 1. The molecule has 0 bridgehead atoms. The Labute approximate surface area is 172 Å². The highest BCUT2D eigenvalue weighted by molar-refractivity contribution is 5.96. The summed E-state index contributed by atoms with van der Waals surface area (Å²) in [5, 5.41) is 3.03. The molecule has 0 saturated heterocycles. The van der Waals surface area contributed by atoms with Crippen molar-refractivity contribution in [3.63, 3.8) is 0 Å². The van der Waals surface area contributed by atoms with Gasteiger partial charge >= 0.3 is 0 Å². The summed E-state index contributed by atoms with van der Waals surface area (Å²) in [6.45, 7) is -2.19. The number of rotatable bonds is 2. The molecule has 0 N–H and O–H groups in total. The first-order chi connectivity index (χ1) is 15.5. The van der Waals surface area contributed by atoms with Gasteiger partial charge in [0.2, 0.25) is 0 Å². The van der Waals surface area contributed by atoms with Crippen LogP contribution in [0.15, 0.2) is 95.6 Å². The number of para-hydroxylation sites is 2. The lowest BCUT2D eigenvalue weighted by Crippen LogP contribution is -1.97. The smallest absolute Gasteiger partial charge is 0.149 e. The van der Waals surface area contributed by atoms with Gasteiger partial charge in [0.15, 0.2) is 0 Å². The van der Waals surface area contributed by atoms with Crippen molar-refractivity contribution in [2.45, 2.75) is 6.85 Å². The summed E-state index contributed by atoms with van der Waals surface area (Å²) < 4.78 is 31.3. The molecule has 0 amide bonds. The van der Waals surface area contributed by atoms with Crippen LogP contribution in [0.2, 0.25) is 0 Å². The van der Waals surface area contributed by atoms with Crippen LogP contribution in [0.1, 0.15) is 9.68 Å². The fourth-order valence-corrected chi connectivity index (χ4v) is 3.99. The van der Waals surface area contributed by atoms with E-state index < -0.39 is 6.85 Å². The first-order valence-electron chi connectivity index (χ1n) is 11.0. The van der Waals surface area contributed by atoms with Gasteiger partial charge in [-0.05, 0) is 54.0 Å². The molecule has 0 unspecified atom stereocenters. The van der Waals surface area contributed by atoms with Crippen LogP contribution in [0.25, 0.3) is 49.9 Å². The monoisotopic (exact) mass is 377 g/mol. The van der Waals surface area contributed by atoms with Crippen LogP contribution in [0, 0.1) is 6.85 Å². The Kier molecular flexibility index (Phi) is 2.80. The van der Waals surface area contributed by atoms with E-state index in [1.165, 1.54) is 5.39 Å². The Hall–Kier alpha value is -3.85. The number of hydrogen-bond acceptors (Lipinski definition) is 2. The minimum absolute atomic E-state index is 0.279. The number of fused-ring (bicyclic) bond motifs is 3. The van der Waals surface area contributed by atoms with Gasteiger partial charge in [-0.3, -0.25) is 4.57 Å². The molecule has 6 aromatic rings. The lowest BCUT2D eigenvalue weighted by Gasteiger charge is -2.10. The average Bonchev–Trinajstić information content (AvgIpc) is 3.39. The maximum Gasteiger partial charge on any atom is 0.149 e. The fourth-order valence-electron chi connectivity index (χ4n) is 3.99. The summed E-state index contributed by atoms with van der Waals surface area (Å²) in [4.78, 5) is 4.92. The van der Waals surface area contributed by atoms with Gasteiger partial charge in [-0.15, -0.1) is 0 Å². The van der Waals surface area contributed by atoms with Gasteiger partial charge in [-0.1, -0.05) is 54.1 Å². The third-order valence-electron chi connectivity index (χ3n) is 5.37. The summed E-state index contributed by atoms with van der Waals surface area (Å²) in [6, 6.07) is 27.5. The third kappa shape index (κ3) is 2.48. The third-order valence-corrected chi connectivity index (χ3v) is 5.37. The van der Waals surface area contributed by atoms with E-state index in [9.17, 15) is 0 Å². The van der Waals surface area contributed by atoms with Crippen molar-refractivity contribution in [3.05, 3.63) is 96.8 Å². The summed E-state index contributed by atoms with van der Waals surface area (Å²) in [5.41, 5.74) is 4.48. The van der Waals surface area contributed by atoms with Crippen molar-refractivity contribution >= 4 is 32.8 Å². The molecule has 3 nitrogen and oxygen atoms in total. The molecule has 2 aromatic heterocycles. The molecule has 0 aliphatic heterocycles. The fraction of sp³-hybridized carbons (Fsp3) is 0.0385. The number of aryl methyl sites for hydroxylation is 1. The van der Waals surface area contributed by atoms with E-state index >= 15 is 0 Å². The Balaban J connectivity index is 1.66. The van der Waals surface area contributed by atoms with Gasteiger partial charge in [0.05, 0.1) is 16.6 Å². The molecule has 29 heavy (non-hydrogen) atoms. The van der Waals surface area contributed by atoms with Crippen LogP contribution >= 0.6 is 0 Å². The van der Waals surface area contributed by atoms with Crippen LogP contribution in [-0.2, 0) is 0 Å². The lowest BCUT2D eigenvalue weighted by atomic mass is 10.1. The van der Waals surface area contributed by atoms with Crippen LogP contribution < -0.4 is 0 Å². The molecule has 4 aromatic carbocycles. The van der Waals surface area contributed by atoms with E-state index in [0.717, 1.165) is 33.1 Å². The Bertz CT molecular complexity index is 1630. The van der Waals surface area contributed by atoms with Gasteiger partial charge in [-0.25, -0.2) is 4.98 Å². The minimum Gasteiger partial charge on any atom is -0.464 e. The van der Waals surface area contributed by atoms with Crippen molar-refractivity contribution in [1.29, 1.82) is 0 Å². The lowest BCUT2D eigenvalue weighted by molar-refractivity contribution is 0.616. The Morgan fingerprint density at radius 3 is 2.66 bits per heavy atom. The molecule has 0 fully saturated rings. The normalized spacial score (nSPS) is 13.6. The number of nitrogens with zero attached hydrogens (tertiary/aromatic N) is 2. The quantitative estimate of drug-likeness (QED) is 0.328. The Morgan fingerprint density at radius 1 is 0.862 bits per heavy atom. The SMILES string of the molecule is [2H]C([2H])([2H])c1ccc2occ(-c3nc4ccccc4n3-c3ccc4ccccc4c3)c2c1. The molecule has 2 heterocycles. The zero-order chi connectivity index (χ0) is 21.9. The summed E-state index contributed by atoms with van der Waals surface area (Å²) >= 11 is 0. The van der Waals surface area contributed by atoms with E-state index in [4.69, 9.17) is 13.5 Å². The van der Waals surface area contributed by atoms with Gasteiger partial charge in [0, 0.05) is 15.2 Å². The first kappa shape index (κ1) is 13.3. The minimum atomic E-state index is -2.19. The highest BCUT2D eigenvalue weighted by Gasteiger charge is 2.18. The predicted octanol–water partition coefficient (Wildman–Crippen LogP) is 6.90. The van der Waals surface area contributed by atoms with Crippen LogP contribution in [0.3, 0.4) is 0 Å². The molecule has 0 saturated carbocycles. The number of hydrogen-bond donors (Lipinski definition) is 0. The maximum atomic E-state index is 7.80. The second kappa shape index (κ2) is 6.08. The molecule has 0 atom stereocenters. The van der Waals surface area contributed by atoms with Crippen LogP contribution in [-0.4, -0.2) is 9.55 Å². The van der Waals surface area contributed by atoms with E-state index in [-0.39, 0.29) is 5.56 Å². The molecule has 0 radical (unpaired) electrons. The second-order valence-corrected chi connectivity index (χ2v) is 7.15. The molecule has 0 aliphatic carbocycles. The van der Waals surface area contributed by atoms with Gasteiger partial charge in [-0.2, -0.15) is 0 Å². The van der Waals surface area contributed by atoms with Crippen LogP contribution in [0.5, 0.6) is 0 Å². The van der Waals surface area contributed by atoms with E-state index in [1.54, 1.807) is 24.5 Å². The zero-order valence-electron chi connectivity index (χ0n) is 18.5. The van der Waals surface area contributed by atoms with E-state index in [0.29, 0.717) is 11.4 Å². The largest absolute Gasteiger partial charge is 0.464 e. The van der Waals surface area contributed by atoms with E-state index in [1.807, 2.05) is 36.4 Å². The van der Waals surface area contributed by atoms with Crippen molar-refractivity contribution in [3.8, 4) is 17.1 Å². The number of aromatic nitrogens is 2. The molecule has 3 heteroatoms. The van der Waals surface area contributed by atoms with Crippen molar-refractivity contribution < 1.29 is 8.53 Å². The molecular weight excluding hydrogens is 356 g/mol. The summed E-state index contributed by atoms with van der Waals surface area (Å²) in [5.74, 6) is 0.711. The number of benzene rings is 4. The van der Waals surface area contributed by atoms with E-state index in [2.05, 4.69) is 34.9 Å². The first-order valence-corrected chi connectivity index (χ1v) is 9.48. The second-order valence-electron chi connectivity index (χ2n) is 7.15. The average molecular weight is 377 g/mol. The molecule has 6 rings (SSSR count). The topological polar surface area (TPSA) is 31.0 Å². The van der Waals surface area contributed by atoms with Crippen molar-refractivity contribution in [2.75, 3.05) is 0 Å². The highest BCUT2D eigenvalue weighted by atomic mass is 16.3. The van der Waals surface area contributed by atoms with Gasteiger partial charge < -0.3 is 4.42 Å². The molecule has 138 valence electrons. The molecule has 0 spiro atoms. The highest BCUT2D eigenvalue weighted by Crippen LogP contribution is 2.35. The maximum absolute atomic E-state index is 7.80. The standard InChI is InChI=1S/C26H18N2O/c1-17-10-13-25-21(14-17)22(16-29-25)26-27-23-8-4-5-9-24(23)28(26)20-12-11-18-6-2-3-7-19(18)15-20/h2-16H,1H3/i1D3. The van der Waals surface area contributed by atoms with Gasteiger partial charge in [0.1, 0.15) is 17.7 Å². The van der Waals surface area contributed by atoms with Crippen molar-refractivity contribution in [1.82, 2.24) is 9.55 Å². The van der Waals surface area contributed by atoms with Crippen LogP contribution in [0.4, 0.5) is 0 Å². The van der Waals surface area contributed by atoms with Gasteiger partial charge in [0.25, 0.3) is 0 Å². The Morgan fingerprint density at radius 2 is 1.72 bits per heavy atom.